The van der Waals surface area contributed by atoms with Crippen LogP contribution in [0.2, 0.25) is 0 Å². The van der Waals surface area contributed by atoms with Crippen molar-refractivity contribution in [2.75, 3.05) is 11.4 Å². The Morgan fingerprint density at radius 3 is 2.20 bits per heavy atom. The molecule has 0 saturated carbocycles. The summed E-state index contributed by atoms with van der Waals surface area (Å²) in [6, 6.07) is 12.2. The number of rotatable bonds is 5. The lowest BCUT2D eigenvalue weighted by Gasteiger charge is -2.29. The number of hydrogen-bond acceptors (Lipinski definition) is 4. The Kier molecular flexibility index (Phi) is 6.20. The standard InChI is InChI=1S/C29H37N3O3/c1-18(2)21-15-22(25(35-29(6,7)8)16-24(21)34-28(3,4)5)27-30-17-26(33)32(27)20-10-11-23-19(14-20)12-13-31(23)9/h10-16,18H,17H2,1-9H3. The molecule has 0 atom stereocenters. The summed E-state index contributed by atoms with van der Waals surface area (Å²) in [6.45, 7) is 16.5. The molecule has 3 aromatic rings. The highest BCUT2D eigenvalue weighted by molar-refractivity contribution is 6.28. The van der Waals surface area contributed by atoms with Crippen molar-refractivity contribution in [1.29, 1.82) is 0 Å². The first-order valence-electron chi connectivity index (χ1n) is 12.2. The molecule has 0 aliphatic carbocycles. The van der Waals surface area contributed by atoms with E-state index in [1.165, 1.54) is 0 Å². The van der Waals surface area contributed by atoms with Crippen LogP contribution >= 0.6 is 0 Å². The van der Waals surface area contributed by atoms with Gasteiger partial charge in [0.25, 0.3) is 5.91 Å². The van der Waals surface area contributed by atoms with Crippen molar-refractivity contribution in [3.8, 4) is 11.5 Å². The lowest BCUT2D eigenvalue weighted by molar-refractivity contribution is -0.115. The van der Waals surface area contributed by atoms with E-state index in [1.54, 1.807) is 4.90 Å². The molecule has 35 heavy (non-hydrogen) atoms. The predicted octanol–water partition coefficient (Wildman–Crippen LogP) is 6.45. The molecule has 2 heterocycles. The topological polar surface area (TPSA) is 56.1 Å². The Morgan fingerprint density at radius 2 is 1.57 bits per heavy atom. The molecule has 0 spiro atoms. The highest BCUT2D eigenvalue weighted by Gasteiger charge is 2.33. The minimum atomic E-state index is -0.440. The Labute approximate surface area is 208 Å². The van der Waals surface area contributed by atoms with Gasteiger partial charge in [-0.1, -0.05) is 13.8 Å². The van der Waals surface area contributed by atoms with Gasteiger partial charge in [0.05, 0.1) is 11.3 Å². The van der Waals surface area contributed by atoms with E-state index in [2.05, 4.69) is 30.5 Å². The highest BCUT2D eigenvalue weighted by atomic mass is 16.5. The zero-order valence-electron chi connectivity index (χ0n) is 22.4. The summed E-state index contributed by atoms with van der Waals surface area (Å²) in [5, 5.41) is 1.08. The van der Waals surface area contributed by atoms with Crippen LogP contribution in [0.5, 0.6) is 11.5 Å². The van der Waals surface area contributed by atoms with Crippen molar-refractivity contribution >= 4 is 28.3 Å². The maximum atomic E-state index is 13.1. The van der Waals surface area contributed by atoms with E-state index in [0.29, 0.717) is 11.6 Å². The molecule has 2 aromatic carbocycles. The van der Waals surface area contributed by atoms with Crippen LogP contribution in [0.4, 0.5) is 5.69 Å². The number of carbonyl (C=O) groups is 1. The van der Waals surface area contributed by atoms with E-state index < -0.39 is 5.60 Å². The van der Waals surface area contributed by atoms with Gasteiger partial charge in [-0.05, 0) is 83.4 Å². The number of benzene rings is 2. The van der Waals surface area contributed by atoms with Crippen LogP contribution in [0.25, 0.3) is 10.9 Å². The molecule has 4 rings (SSSR count). The van der Waals surface area contributed by atoms with Crippen LogP contribution in [0, 0.1) is 0 Å². The number of anilines is 1. The molecule has 0 bridgehead atoms. The summed E-state index contributed by atoms with van der Waals surface area (Å²) in [5.41, 5.74) is 2.96. The second-order valence-corrected chi connectivity index (χ2v) is 11.5. The van der Waals surface area contributed by atoms with Gasteiger partial charge in [-0.15, -0.1) is 0 Å². The number of amides is 1. The quantitative estimate of drug-likeness (QED) is 0.426. The first-order valence-corrected chi connectivity index (χ1v) is 12.2. The van der Waals surface area contributed by atoms with E-state index in [-0.39, 0.29) is 24.0 Å². The van der Waals surface area contributed by atoms with Gasteiger partial charge < -0.3 is 14.0 Å². The summed E-state index contributed by atoms with van der Waals surface area (Å²) in [7, 11) is 2.01. The molecule has 6 nitrogen and oxygen atoms in total. The Bertz CT molecular complexity index is 1300. The first-order chi connectivity index (χ1) is 16.2. The van der Waals surface area contributed by atoms with E-state index in [1.807, 2.05) is 79.1 Å². The van der Waals surface area contributed by atoms with Crippen LogP contribution in [-0.4, -0.2) is 34.1 Å². The maximum Gasteiger partial charge on any atom is 0.254 e. The number of ether oxygens (including phenoxy) is 2. The molecule has 1 aromatic heterocycles. The molecular weight excluding hydrogens is 438 g/mol. The van der Waals surface area contributed by atoms with Crippen molar-refractivity contribution < 1.29 is 14.3 Å². The highest BCUT2D eigenvalue weighted by Crippen LogP contribution is 2.39. The molecule has 6 heteroatoms. The van der Waals surface area contributed by atoms with Crippen LogP contribution in [0.1, 0.15) is 72.4 Å². The Morgan fingerprint density at radius 1 is 0.914 bits per heavy atom. The second kappa shape index (κ2) is 8.74. The monoisotopic (exact) mass is 475 g/mol. The van der Waals surface area contributed by atoms with E-state index in [0.717, 1.165) is 33.5 Å². The third kappa shape index (κ3) is 5.21. The molecule has 0 saturated heterocycles. The first kappa shape index (κ1) is 24.8. The third-order valence-corrected chi connectivity index (χ3v) is 5.76. The molecule has 0 fully saturated rings. The van der Waals surface area contributed by atoms with Gasteiger partial charge >= 0.3 is 0 Å². The van der Waals surface area contributed by atoms with Crippen LogP contribution < -0.4 is 14.4 Å². The van der Waals surface area contributed by atoms with E-state index in [9.17, 15) is 4.79 Å². The van der Waals surface area contributed by atoms with Gasteiger partial charge in [-0.25, -0.2) is 0 Å². The molecule has 1 aliphatic rings. The van der Waals surface area contributed by atoms with Crippen LogP contribution in [0.15, 0.2) is 47.6 Å². The van der Waals surface area contributed by atoms with Crippen molar-refractivity contribution in [2.45, 2.75) is 72.5 Å². The number of aryl methyl sites for hydroxylation is 1. The summed E-state index contributed by atoms with van der Waals surface area (Å²) in [5.74, 6) is 2.20. The molecule has 0 radical (unpaired) electrons. The van der Waals surface area contributed by atoms with Crippen molar-refractivity contribution in [1.82, 2.24) is 4.57 Å². The zero-order valence-corrected chi connectivity index (χ0v) is 22.4. The van der Waals surface area contributed by atoms with Gasteiger partial charge in [0, 0.05) is 30.2 Å². The number of amidine groups is 1. The van der Waals surface area contributed by atoms with Crippen LogP contribution in [0.3, 0.4) is 0 Å². The zero-order chi connectivity index (χ0) is 25.7. The summed E-state index contributed by atoms with van der Waals surface area (Å²) in [6.07, 6.45) is 2.02. The third-order valence-electron chi connectivity index (χ3n) is 5.76. The van der Waals surface area contributed by atoms with Crippen molar-refractivity contribution in [3.05, 3.63) is 53.7 Å². The number of hydrogen-bond donors (Lipinski definition) is 0. The lowest BCUT2D eigenvalue weighted by Crippen LogP contribution is -2.34. The Hall–Kier alpha value is -3.28. The predicted molar refractivity (Wildman–Crippen MR) is 143 cm³/mol. The number of aliphatic imine (C=N–C) groups is 1. The van der Waals surface area contributed by atoms with Gasteiger partial charge in [-0.3, -0.25) is 14.7 Å². The van der Waals surface area contributed by atoms with Gasteiger partial charge in [-0.2, -0.15) is 0 Å². The number of carbonyl (C=O) groups excluding carboxylic acids is 1. The average molecular weight is 476 g/mol. The normalized spacial score (nSPS) is 14.7. The lowest BCUT2D eigenvalue weighted by atomic mass is 9.97. The Balaban J connectivity index is 1.88. The minimum absolute atomic E-state index is 0.0573. The summed E-state index contributed by atoms with van der Waals surface area (Å²) < 4.78 is 14.8. The average Bonchev–Trinajstić information content (AvgIpc) is 3.28. The van der Waals surface area contributed by atoms with Gasteiger partial charge in [0.1, 0.15) is 35.1 Å². The summed E-state index contributed by atoms with van der Waals surface area (Å²) in [4.78, 5) is 19.5. The fourth-order valence-corrected chi connectivity index (χ4v) is 4.32. The summed E-state index contributed by atoms with van der Waals surface area (Å²) >= 11 is 0. The number of nitrogens with zero attached hydrogens (tertiary/aromatic N) is 3. The molecular formula is C29H37N3O3. The molecule has 0 unspecified atom stereocenters. The maximum absolute atomic E-state index is 13.1. The molecule has 0 N–H and O–H groups in total. The van der Waals surface area contributed by atoms with E-state index >= 15 is 0 Å². The SMILES string of the molecule is CC(C)c1cc(C2=NCC(=O)N2c2ccc3c(ccn3C)c2)c(OC(C)(C)C)cc1OC(C)(C)C. The number of fused-ring (bicyclic) bond motifs is 1. The molecule has 186 valence electrons. The number of aromatic nitrogens is 1. The van der Waals surface area contributed by atoms with Gasteiger partial charge in [0.15, 0.2) is 0 Å². The van der Waals surface area contributed by atoms with Gasteiger partial charge in [0.2, 0.25) is 0 Å². The fourth-order valence-electron chi connectivity index (χ4n) is 4.32. The van der Waals surface area contributed by atoms with Crippen molar-refractivity contribution in [3.63, 3.8) is 0 Å². The molecule has 1 aliphatic heterocycles. The molecule has 1 amide bonds. The fraction of sp³-hybridized carbons (Fsp3) is 0.448. The minimum Gasteiger partial charge on any atom is -0.488 e. The van der Waals surface area contributed by atoms with Crippen LogP contribution in [-0.2, 0) is 11.8 Å². The largest absolute Gasteiger partial charge is 0.488 e. The van der Waals surface area contributed by atoms with E-state index in [4.69, 9.17) is 14.5 Å². The van der Waals surface area contributed by atoms with Crippen molar-refractivity contribution in [2.24, 2.45) is 12.0 Å². The smallest absolute Gasteiger partial charge is 0.254 e. The second-order valence-electron chi connectivity index (χ2n) is 11.5.